The highest BCUT2D eigenvalue weighted by atomic mass is 79.9. The number of fused-ring (bicyclic) bond motifs is 1. The normalized spacial score (nSPS) is 18.5. The van der Waals surface area contributed by atoms with Gasteiger partial charge in [-0.05, 0) is 67.1 Å². The number of amides is 3. The fourth-order valence-electron chi connectivity index (χ4n) is 5.75. The highest BCUT2D eigenvalue weighted by Crippen LogP contribution is 2.45. The summed E-state index contributed by atoms with van der Waals surface area (Å²) in [6, 6.07) is 18.8. The van der Waals surface area contributed by atoms with Crippen LogP contribution in [0.2, 0.25) is 10.0 Å². The Hall–Kier alpha value is -3.62. The standard InChI is InChI=1S/C31H29BrCl2N6O5S/c1-31(18-20-3-5-21(32)6-4-20)28(41)39(25-16-22(33)15-23(34)17-25)29-35-19-27(40(29)31)46(43,44)38-13-11-37(12-14-38)30(42)36-24-7-9-26(45-2)10-8-24/h3-10,15-17,19H,11-14,18H2,1-2H3,(H,36,42). The lowest BCUT2D eigenvalue weighted by atomic mass is 9.92. The summed E-state index contributed by atoms with van der Waals surface area (Å²) in [5, 5.41) is 3.34. The highest BCUT2D eigenvalue weighted by Gasteiger charge is 2.52. The van der Waals surface area contributed by atoms with E-state index in [0.29, 0.717) is 27.2 Å². The number of rotatable bonds is 7. The lowest BCUT2D eigenvalue weighted by Crippen LogP contribution is -2.52. The van der Waals surface area contributed by atoms with Gasteiger partial charge in [0, 0.05) is 52.8 Å². The van der Waals surface area contributed by atoms with Crippen molar-refractivity contribution in [2.45, 2.75) is 23.9 Å². The summed E-state index contributed by atoms with van der Waals surface area (Å²) in [4.78, 5) is 34.6. The van der Waals surface area contributed by atoms with Crippen molar-refractivity contribution < 1.29 is 22.7 Å². The zero-order valence-electron chi connectivity index (χ0n) is 24.8. The maximum Gasteiger partial charge on any atom is 0.321 e. The monoisotopic (exact) mass is 746 g/mol. The van der Waals surface area contributed by atoms with Gasteiger partial charge < -0.3 is 15.0 Å². The maximum absolute atomic E-state index is 14.3. The van der Waals surface area contributed by atoms with Gasteiger partial charge in [0.15, 0.2) is 5.03 Å². The summed E-state index contributed by atoms with van der Waals surface area (Å²) < 4.78 is 37.3. The van der Waals surface area contributed by atoms with Gasteiger partial charge in [0.2, 0.25) is 5.95 Å². The average Bonchev–Trinajstić information content (AvgIpc) is 3.56. The summed E-state index contributed by atoms with van der Waals surface area (Å²) in [7, 11) is -2.59. The molecular weight excluding hydrogens is 719 g/mol. The number of hydrogen-bond donors (Lipinski definition) is 1. The van der Waals surface area contributed by atoms with E-state index in [1.807, 2.05) is 24.3 Å². The molecule has 15 heteroatoms. The van der Waals surface area contributed by atoms with Gasteiger partial charge in [-0.1, -0.05) is 51.3 Å². The molecule has 46 heavy (non-hydrogen) atoms. The van der Waals surface area contributed by atoms with Crippen LogP contribution in [0.25, 0.3) is 0 Å². The molecule has 11 nitrogen and oxygen atoms in total. The van der Waals surface area contributed by atoms with E-state index in [1.165, 1.54) is 20.0 Å². The van der Waals surface area contributed by atoms with Crippen molar-refractivity contribution >= 4 is 78.4 Å². The molecule has 1 saturated heterocycles. The number of imidazole rings is 1. The topological polar surface area (TPSA) is 117 Å². The van der Waals surface area contributed by atoms with Crippen molar-refractivity contribution in [1.82, 2.24) is 18.8 Å². The van der Waals surface area contributed by atoms with Gasteiger partial charge in [0.05, 0.1) is 19.0 Å². The van der Waals surface area contributed by atoms with Crippen LogP contribution in [0.1, 0.15) is 12.5 Å². The first-order valence-corrected chi connectivity index (χ1v) is 17.2. The van der Waals surface area contributed by atoms with Crippen molar-refractivity contribution in [3.8, 4) is 5.75 Å². The van der Waals surface area contributed by atoms with Crippen LogP contribution in [0.3, 0.4) is 0 Å². The fourth-order valence-corrected chi connectivity index (χ4v) is 8.14. The van der Waals surface area contributed by atoms with E-state index in [2.05, 4.69) is 26.2 Å². The van der Waals surface area contributed by atoms with Crippen LogP contribution in [-0.2, 0) is 26.8 Å². The molecule has 1 aromatic heterocycles. The predicted octanol–water partition coefficient (Wildman–Crippen LogP) is 6.14. The molecule has 240 valence electrons. The minimum atomic E-state index is -4.15. The zero-order valence-corrected chi connectivity index (χ0v) is 28.7. The largest absolute Gasteiger partial charge is 0.497 e. The summed E-state index contributed by atoms with van der Waals surface area (Å²) in [6.45, 7) is 2.16. The van der Waals surface area contributed by atoms with Crippen molar-refractivity contribution in [3.05, 3.63) is 93.0 Å². The number of nitrogens with zero attached hydrogens (tertiary/aromatic N) is 5. The number of piperazine rings is 1. The molecule has 3 amide bonds. The minimum absolute atomic E-state index is 0.0594. The highest BCUT2D eigenvalue weighted by molar-refractivity contribution is 9.10. The van der Waals surface area contributed by atoms with Gasteiger partial charge in [-0.25, -0.2) is 23.1 Å². The maximum atomic E-state index is 14.3. The minimum Gasteiger partial charge on any atom is -0.497 e. The zero-order chi connectivity index (χ0) is 32.8. The predicted molar refractivity (Wildman–Crippen MR) is 180 cm³/mol. The van der Waals surface area contributed by atoms with Crippen molar-refractivity contribution in [3.63, 3.8) is 0 Å². The average molecular weight is 748 g/mol. The third kappa shape index (κ3) is 5.97. The van der Waals surface area contributed by atoms with Crippen LogP contribution in [0.15, 0.2) is 82.4 Å². The van der Waals surface area contributed by atoms with Crippen molar-refractivity contribution in [1.29, 1.82) is 0 Å². The molecule has 3 aromatic carbocycles. The number of methoxy groups -OCH3 is 1. The van der Waals surface area contributed by atoms with Crippen molar-refractivity contribution in [2.75, 3.05) is 43.5 Å². The first kappa shape index (κ1) is 32.3. The number of anilines is 3. The molecule has 1 unspecified atom stereocenters. The second kappa shape index (κ2) is 12.5. The number of sulfonamides is 1. The summed E-state index contributed by atoms with van der Waals surface area (Å²) in [6.07, 6.45) is 1.47. The van der Waals surface area contributed by atoms with E-state index < -0.39 is 15.6 Å². The molecule has 1 fully saturated rings. The Morgan fingerprint density at radius 2 is 1.63 bits per heavy atom. The number of halogens is 3. The number of carbonyl (C=O) groups excluding carboxylic acids is 2. The third-order valence-electron chi connectivity index (χ3n) is 8.11. The molecule has 0 radical (unpaired) electrons. The Kier molecular flexibility index (Phi) is 8.81. The Balaban J connectivity index is 1.30. The number of hydrogen-bond acceptors (Lipinski definition) is 6. The SMILES string of the molecule is COc1ccc(NC(=O)N2CCN(S(=O)(=O)c3cnc4n3C(C)(Cc3ccc(Br)cc3)C(=O)N4c3cc(Cl)cc(Cl)c3)CC2)cc1. The van der Waals surface area contributed by atoms with E-state index >= 15 is 0 Å². The van der Waals surface area contributed by atoms with Gasteiger partial charge in [0.25, 0.3) is 15.9 Å². The van der Waals surface area contributed by atoms with Crippen LogP contribution < -0.4 is 15.0 Å². The lowest BCUT2D eigenvalue weighted by molar-refractivity contribution is -0.124. The number of nitrogens with one attached hydrogen (secondary N) is 1. The number of ether oxygens (including phenoxy) is 1. The summed E-state index contributed by atoms with van der Waals surface area (Å²) in [5.74, 6) is 0.421. The second-order valence-electron chi connectivity index (χ2n) is 11.1. The van der Waals surface area contributed by atoms with Gasteiger partial charge >= 0.3 is 6.03 Å². The van der Waals surface area contributed by atoms with Gasteiger partial charge in [-0.3, -0.25) is 9.36 Å². The fraction of sp³-hybridized carbons (Fsp3) is 0.258. The molecule has 1 atom stereocenters. The Morgan fingerprint density at radius 1 is 1.00 bits per heavy atom. The number of carbonyl (C=O) groups is 2. The molecule has 1 N–H and O–H groups in total. The van der Waals surface area contributed by atoms with Crippen molar-refractivity contribution in [2.24, 2.45) is 0 Å². The van der Waals surface area contributed by atoms with E-state index in [9.17, 15) is 18.0 Å². The quantitative estimate of drug-likeness (QED) is 0.243. The molecule has 2 aliphatic rings. The smallest absolute Gasteiger partial charge is 0.321 e. The Morgan fingerprint density at radius 3 is 2.24 bits per heavy atom. The number of aromatic nitrogens is 2. The number of urea groups is 1. The summed E-state index contributed by atoms with van der Waals surface area (Å²) in [5.41, 5.74) is 0.423. The van der Waals surface area contributed by atoms with Gasteiger partial charge in [-0.15, -0.1) is 0 Å². The lowest BCUT2D eigenvalue weighted by Gasteiger charge is -2.34. The molecular formula is C31H29BrCl2N6O5S. The van der Waals surface area contributed by atoms with E-state index in [-0.39, 0.29) is 55.5 Å². The van der Waals surface area contributed by atoms with E-state index in [4.69, 9.17) is 27.9 Å². The molecule has 0 spiro atoms. The van der Waals surface area contributed by atoms with Crippen LogP contribution in [0.4, 0.5) is 22.1 Å². The van der Waals surface area contributed by atoms with Crippen LogP contribution in [0, 0.1) is 0 Å². The Bertz CT molecular complexity index is 1890. The molecule has 0 aliphatic carbocycles. The summed E-state index contributed by atoms with van der Waals surface area (Å²) >= 11 is 16.0. The molecule has 2 aliphatic heterocycles. The van der Waals surface area contributed by atoms with Crippen LogP contribution in [-0.4, -0.2) is 72.4 Å². The van der Waals surface area contributed by atoms with Crippen LogP contribution in [0.5, 0.6) is 5.75 Å². The van der Waals surface area contributed by atoms with Gasteiger partial charge in [-0.2, -0.15) is 4.31 Å². The first-order valence-electron chi connectivity index (χ1n) is 14.2. The Labute approximate surface area is 284 Å². The molecule has 4 aromatic rings. The molecule has 0 bridgehead atoms. The van der Waals surface area contributed by atoms with E-state index in [0.717, 1.165) is 10.0 Å². The molecule has 3 heterocycles. The van der Waals surface area contributed by atoms with E-state index in [1.54, 1.807) is 61.4 Å². The van der Waals surface area contributed by atoms with Crippen LogP contribution >= 0.6 is 39.1 Å². The molecule has 6 rings (SSSR count). The third-order valence-corrected chi connectivity index (χ3v) is 10.9. The van der Waals surface area contributed by atoms with Gasteiger partial charge in [0.1, 0.15) is 11.3 Å². The first-order chi connectivity index (χ1) is 21.9. The number of benzene rings is 3. The second-order valence-corrected chi connectivity index (χ2v) is 14.8. The molecule has 0 saturated carbocycles.